The van der Waals surface area contributed by atoms with Gasteiger partial charge in [-0.05, 0) is 38.5 Å². The van der Waals surface area contributed by atoms with Crippen LogP contribution in [0, 0.1) is 19.7 Å². The van der Waals surface area contributed by atoms with Crippen LogP contribution >= 0.6 is 11.8 Å². The molecular formula is C20H21FN4O3S. The van der Waals surface area contributed by atoms with Crippen molar-refractivity contribution in [3.05, 3.63) is 52.6 Å². The van der Waals surface area contributed by atoms with E-state index in [0.717, 1.165) is 0 Å². The normalized spacial score (nSPS) is 12.1. The number of Topliss-reactive ketones (excluding diaryl/α,β-unsaturated/α-hetero) is 1. The van der Waals surface area contributed by atoms with Crippen molar-refractivity contribution in [2.24, 2.45) is 7.05 Å². The molecule has 29 heavy (non-hydrogen) atoms. The van der Waals surface area contributed by atoms with E-state index in [-0.39, 0.29) is 5.78 Å². The third-order valence-corrected chi connectivity index (χ3v) is 5.81. The highest BCUT2D eigenvalue weighted by molar-refractivity contribution is 8.00. The predicted octanol–water partition coefficient (Wildman–Crippen LogP) is 3.72. The summed E-state index contributed by atoms with van der Waals surface area (Å²) in [4.78, 5) is 27.9. The third-order valence-electron chi connectivity index (χ3n) is 4.67. The lowest BCUT2D eigenvalue weighted by atomic mass is 10.1. The van der Waals surface area contributed by atoms with E-state index in [1.165, 1.54) is 24.9 Å². The summed E-state index contributed by atoms with van der Waals surface area (Å²) >= 11 is 1.21. The zero-order valence-electron chi connectivity index (χ0n) is 16.7. The molecule has 152 valence electrons. The van der Waals surface area contributed by atoms with Crippen LogP contribution in [-0.4, -0.2) is 43.9 Å². The highest BCUT2D eigenvalue weighted by atomic mass is 32.2. The van der Waals surface area contributed by atoms with Crippen molar-refractivity contribution >= 4 is 23.5 Å². The molecule has 0 aliphatic carbocycles. The Morgan fingerprint density at radius 3 is 2.59 bits per heavy atom. The smallest absolute Gasteiger partial charge is 0.339 e. The van der Waals surface area contributed by atoms with Crippen LogP contribution in [0.1, 0.15) is 39.0 Å². The number of hydrogen-bond acceptors (Lipinski definition) is 6. The molecule has 0 amide bonds. The van der Waals surface area contributed by atoms with Gasteiger partial charge in [0.2, 0.25) is 0 Å². The van der Waals surface area contributed by atoms with Gasteiger partial charge in [0.15, 0.2) is 16.8 Å². The maximum absolute atomic E-state index is 14.1. The number of ether oxygens (including phenoxy) is 1. The summed E-state index contributed by atoms with van der Waals surface area (Å²) in [6, 6.07) is 6.32. The lowest BCUT2D eigenvalue weighted by Crippen LogP contribution is -2.16. The van der Waals surface area contributed by atoms with Gasteiger partial charge in [0, 0.05) is 12.7 Å². The Kier molecular flexibility index (Phi) is 5.88. The fourth-order valence-corrected chi connectivity index (χ4v) is 3.99. The van der Waals surface area contributed by atoms with Gasteiger partial charge in [-0.15, -0.1) is 10.2 Å². The molecule has 7 nitrogen and oxygen atoms in total. The minimum atomic E-state index is -0.506. The topological polar surface area (TPSA) is 89.9 Å². The Labute approximate surface area is 171 Å². The largest absolute Gasteiger partial charge is 0.465 e. The predicted molar refractivity (Wildman–Crippen MR) is 108 cm³/mol. The molecule has 3 rings (SSSR count). The molecule has 0 saturated heterocycles. The Morgan fingerprint density at radius 1 is 1.24 bits per heavy atom. The van der Waals surface area contributed by atoms with Crippen molar-refractivity contribution < 1.29 is 18.7 Å². The van der Waals surface area contributed by atoms with Crippen LogP contribution in [0.25, 0.3) is 11.4 Å². The summed E-state index contributed by atoms with van der Waals surface area (Å²) in [5.41, 5.74) is 2.20. The monoisotopic (exact) mass is 416 g/mol. The van der Waals surface area contributed by atoms with Crippen LogP contribution in [0.15, 0.2) is 29.4 Å². The van der Waals surface area contributed by atoms with E-state index >= 15 is 0 Å². The lowest BCUT2D eigenvalue weighted by molar-refractivity contribution is 0.0599. The van der Waals surface area contributed by atoms with Gasteiger partial charge in [0.25, 0.3) is 0 Å². The van der Waals surface area contributed by atoms with Gasteiger partial charge >= 0.3 is 5.97 Å². The number of carbonyl (C=O) groups is 2. The van der Waals surface area contributed by atoms with Crippen molar-refractivity contribution in [1.82, 2.24) is 19.7 Å². The van der Waals surface area contributed by atoms with Gasteiger partial charge in [0.05, 0.1) is 29.2 Å². The quantitative estimate of drug-likeness (QED) is 0.374. The minimum Gasteiger partial charge on any atom is -0.465 e. The Balaban J connectivity index is 1.85. The first-order valence-electron chi connectivity index (χ1n) is 8.88. The molecule has 2 heterocycles. The number of hydrogen-bond donors (Lipinski definition) is 1. The Bertz CT molecular complexity index is 1090. The molecule has 2 aromatic heterocycles. The first-order valence-corrected chi connectivity index (χ1v) is 9.76. The molecule has 1 atom stereocenters. The van der Waals surface area contributed by atoms with Crippen LogP contribution < -0.4 is 0 Å². The summed E-state index contributed by atoms with van der Waals surface area (Å²) in [5, 5.41) is 8.16. The third kappa shape index (κ3) is 3.82. The van der Waals surface area contributed by atoms with Gasteiger partial charge in [-0.2, -0.15) is 0 Å². The summed E-state index contributed by atoms with van der Waals surface area (Å²) < 4.78 is 20.5. The fraction of sp³-hybridized carbons (Fsp3) is 0.300. The maximum Gasteiger partial charge on any atom is 0.339 e. The van der Waals surface area contributed by atoms with E-state index in [1.54, 1.807) is 50.6 Å². The SMILES string of the molecule is COC(=O)c1c(C)[nH]c(C(=O)[C@@H](C)Sc2nnc(-c3ccccc3F)n2C)c1C. The number of thioether (sulfide) groups is 1. The van der Waals surface area contributed by atoms with Crippen molar-refractivity contribution in [3.8, 4) is 11.4 Å². The van der Waals surface area contributed by atoms with E-state index in [0.29, 0.717) is 39.1 Å². The Morgan fingerprint density at radius 2 is 1.93 bits per heavy atom. The summed E-state index contributed by atoms with van der Waals surface area (Å²) in [6.07, 6.45) is 0. The molecule has 0 bridgehead atoms. The highest BCUT2D eigenvalue weighted by Gasteiger charge is 2.27. The average molecular weight is 416 g/mol. The number of benzene rings is 1. The van der Waals surface area contributed by atoms with Gasteiger partial charge < -0.3 is 14.3 Å². The standard InChI is InChI=1S/C20H21FN4O3S/c1-10-15(19(27)28-5)11(2)22-16(10)17(26)12(3)29-20-24-23-18(25(20)4)13-8-6-7-9-14(13)21/h6-9,12,22H,1-5H3/t12-/m1/s1. The van der Waals surface area contributed by atoms with Crippen molar-refractivity contribution in [2.45, 2.75) is 31.2 Å². The molecule has 0 saturated carbocycles. The van der Waals surface area contributed by atoms with Crippen LogP contribution in [0.5, 0.6) is 0 Å². The van der Waals surface area contributed by atoms with Crippen LogP contribution in [0.3, 0.4) is 0 Å². The molecule has 9 heteroatoms. The molecular weight excluding hydrogens is 395 g/mol. The van der Waals surface area contributed by atoms with Crippen molar-refractivity contribution in [2.75, 3.05) is 7.11 Å². The molecule has 0 fully saturated rings. The number of aromatic nitrogens is 4. The molecule has 0 aliphatic heterocycles. The second kappa shape index (κ2) is 8.20. The zero-order chi connectivity index (χ0) is 21.3. The van der Waals surface area contributed by atoms with E-state index < -0.39 is 17.0 Å². The summed E-state index contributed by atoms with van der Waals surface area (Å²) in [5.74, 6) is -0.679. The van der Waals surface area contributed by atoms with E-state index in [2.05, 4.69) is 15.2 Å². The molecule has 1 N–H and O–H groups in total. The van der Waals surface area contributed by atoms with Crippen LogP contribution in [0.4, 0.5) is 4.39 Å². The van der Waals surface area contributed by atoms with E-state index in [9.17, 15) is 14.0 Å². The second-order valence-electron chi connectivity index (χ2n) is 6.59. The molecule has 1 aromatic carbocycles. The van der Waals surface area contributed by atoms with Gasteiger partial charge in [0.1, 0.15) is 5.82 Å². The molecule has 0 spiro atoms. The molecule has 0 unspecified atom stereocenters. The average Bonchev–Trinajstić information content (AvgIpc) is 3.20. The Hall–Kier alpha value is -2.94. The highest BCUT2D eigenvalue weighted by Crippen LogP contribution is 2.29. The fourth-order valence-electron chi connectivity index (χ4n) is 3.11. The first-order chi connectivity index (χ1) is 13.8. The number of ketones is 1. The molecule has 0 radical (unpaired) electrons. The molecule has 0 aliphatic rings. The number of aryl methyl sites for hydroxylation is 1. The number of methoxy groups -OCH3 is 1. The summed E-state index contributed by atoms with van der Waals surface area (Å²) in [7, 11) is 3.02. The number of carbonyl (C=O) groups excluding carboxylic acids is 2. The van der Waals surface area contributed by atoms with Crippen molar-refractivity contribution in [3.63, 3.8) is 0 Å². The summed E-state index contributed by atoms with van der Waals surface area (Å²) in [6.45, 7) is 5.17. The number of aromatic amines is 1. The first kappa shape index (κ1) is 20.8. The number of rotatable bonds is 6. The van der Waals surface area contributed by atoms with E-state index in [4.69, 9.17) is 4.74 Å². The van der Waals surface area contributed by atoms with Gasteiger partial charge in [-0.3, -0.25) is 4.79 Å². The zero-order valence-corrected chi connectivity index (χ0v) is 17.6. The van der Waals surface area contributed by atoms with Crippen molar-refractivity contribution in [1.29, 1.82) is 0 Å². The van der Waals surface area contributed by atoms with E-state index in [1.807, 2.05) is 0 Å². The second-order valence-corrected chi connectivity index (χ2v) is 7.89. The number of esters is 1. The minimum absolute atomic E-state index is 0.179. The number of halogens is 1. The maximum atomic E-state index is 14.1. The number of nitrogens with one attached hydrogen (secondary N) is 1. The van der Waals surface area contributed by atoms with Gasteiger partial charge in [-0.25, -0.2) is 9.18 Å². The number of nitrogens with zero attached hydrogens (tertiary/aromatic N) is 3. The molecule has 3 aromatic rings. The van der Waals surface area contributed by atoms with Crippen LogP contribution in [-0.2, 0) is 11.8 Å². The van der Waals surface area contributed by atoms with Gasteiger partial charge in [-0.1, -0.05) is 23.9 Å². The lowest BCUT2D eigenvalue weighted by Gasteiger charge is -2.10. The van der Waals surface area contributed by atoms with Crippen LogP contribution in [0.2, 0.25) is 0 Å². The number of H-pyrrole nitrogens is 1.